The van der Waals surface area contributed by atoms with E-state index in [1.807, 2.05) is 27.6 Å². The Kier molecular flexibility index (Phi) is 13.5. The number of hydrogen-bond donors (Lipinski definition) is 3. The molecule has 2 aromatic rings. The molecule has 0 radical (unpaired) electrons. The van der Waals surface area contributed by atoms with Gasteiger partial charge in [-0.25, -0.2) is 4.39 Å². The Morgan fingerprint density at radius 1 is 1.11 bits per heavy atom. The Labute approximate surface area is 249 Å². The van der Waals surface area contributed by atoms with Crippen LogP contribution in [0, 0.1) is 24.6 Å². The van der Waals surface area contributed by atoms with Gasteiger partial charge in [-0.05, 0) is 51.2 Å². The van der Waals surface area contributed by atoms with E-state index in [1.54, 1.807) is 32.1 Å². The van der Waals surface area contributed by atoms with Crippen LogP contribution in [0.2, 0.25) is 0 Å². The fourth-order valence-corrected chi connectivity index (χ4v) is 3.93. The molecular formula is C28H36F7N5O4. The second-order valence-corrected chi connectivity index (χ2v) is 10.4. The Bertz CT molecular complexity index is 1230. The monoisotopic (exact) mass is 639 g/mol. The van der Waals surface area contributed by atoms with Crippen molar-refractivity contribution in [3.05, 3.63) is 41.5 Å². The summed E-state index contributed by atoms with van der Waals surface area (Å²) >= 11 is 0. The van der Waals surface area contributed by atoms with Gasteiger partial charge in [-0.15, -0.1) is 13.2 Å². The van der Waals surface area contributed by atoms with Gasteiger partial charge in [-0.3, -0.25) is 19.1 Å². The number of aryl methyl sites for hydroxylation is 2. The van der Waals surface area contributed by atoms with Crippen LogP contribution in [-0.2, 0) is 20.9 Å². The number of carbonyl (C=O) groups excluding carboxylic acids is 3. The largest absolute Gasteiger partial charge is 0.573 e. The maximum Gasteiger partial charge on any atom is 0.573 e. The van der Waals surface area contributed by atoms with Crippen LogP contribution in [0.25, 0.3) is 0 Å². The Hall–Kier alpha value is -3.85. The lowest BCUT2D eigenvalue weighted by atomic mass is 9.98. The molecule has 16 heteroatoms. The van der Waals surface area contributed by atoms with E-state index in [2.05, 4.69) is 23.7 Å². The van der Waals surface area contributed by atoms with Gasteiger partial charge in [0.05, 0.1) is 18.2 Å². The predicted molar refractivity (Wildman–Crippen MR) is 146 cm³/mol. The standard InChI is InChI=1S/C15H14F7N3O4.C7H12.C6H10N2/c1-7(13(28)24-5-14(17,18)19)8-2-9(16)10(25-12(27)4-23-6-26)3-11(8)29-15(20,21)22;1-2-6(1)5-7-3-4-7;1-3-8-6(2)4-5-7-8/h2-3,6-7H,4-5H2,1H3,(H,23,26)(H,24,28)(H,25,27);6-7H,1-5H2;4-5H,3H2,1-2H3. The van der Waals surface area contributed by atoms with Gasteiger partial charge in [0.25, 0.3) is 0 Å². The molecule has 246 valence electrons. The summed E-state index contributed by atoms with van der Waals surface area (Å²) in [7, 11) is 0. The third kappa shape index (κ3) is 14.1. The number of nitrogens with one attached hydrogen (secondary N) is 3. The van der Waals surface area contributed by atoms with E-state index in [-0.39, 0.29) is 6.41 Å². The van der Waals surface area contributed by atoms with Crippen molar-refractivity contribution in [2.75, 3.05) is 18.4 Å². The minimum atomic E-state index is -5.28. The molecule has 2 fully saturated rings. The highest BCUT2D eigenvalue weighted by molar-refractivity contribution is 5.93. The van der Waals surface area contributed by atoms with Crippen LogP contribution in [0.3, 0.4) is 0 Å². The SMILES string of the molecule is C1CC1CC1CC1.CC(C(=O)NCC(F)(F)F)c1cc(F)c(NC(=O)CNC=O)cc1OC(F)(F)F.CCn1nccc1C. The van der Waals surface area contributed by atoms with Crippen LogP contribution >= 0.6 is 0 Å². The van der Waals surface area contributed by atoms with Crippen molar-refractivity contribution < 1.29 is 49.9 Å². The number of benzene rings is 1. The van der Waals surface area contributed by atoms with Crippen molar-refractivity contribution in [1.82, 2.24) is 20.4 Å². The number of ether oxygens (including phenoxy) is 1. The van der Waals surface area contributed by atoms with Gasteiger partial charge < -0.3 is 20.7 Å². The average molecular weight is 640 g/mol. The third-order valence-electron chi connectivity index (χ3n) is 6.56. The van der Waals surface area contributed by atoms with Crippen molar-refractivity contribution in [3.63, 3.8) is 0 Å². The minimum absolute atomic E-state index is 0.151. The number of hydrogen-bond acceptors (Lipinski definition) is 5. The minimum Gasteiger partial charge on any atom is -0.405 e. The number of nitrogens with zero attached hydrogens (tertiary/aromatic N) is 2. The summed E-state index contributed by atoms with van der Waals surface area (Å²) < 4.78 is 94.4. The maximum atomic E-state index is 14.2. The number of anilines is 1. The highest BCUT2D eigenvalue weighted by Gasteiger charge is 2.35. The summed E-state index contributed by atoms with van der Waals surface area (Å²) in [6.07, 6.45) is -0.290. The average Bonchev–Trinajstić information content (AvgIpc) is 3.88. The number of aromatic nitrogens is 2. The molecule has 0 spiro atoms. The highest BCUT2D eigenvalue weighted by Crippen LogP contribution is 2.44. The lowest BCUT2D eigenvalue weighted by Gasteiger charge is -2.20. The van der Waals surface area contributed by atoms with Crippen LogP contribution in [0.4, 0.5) is 36.4 Å². The molecule has 1 atom stereocenters. The van der Waals surface area contributed by atoms with Gasteiger partial charge in [0.1, 0.15) is 18.1 Å². The van der Waals surface area contributed by atoms with Gasteiger partial charge in [0.2, 0.25) is 18.2 Å². The summed E-state index contributed by atoms with van der Waals surface area (Å²) in [5, 5.41) is 9.34. The molecule has 2 aliphatic carbocycles. The molecule has 3 N–H and O–H groups in total. The molecule has 1 aromatic heterocycles. The second kappa shape index (κ2) is 16.3. The van der Waals surface area contributed by atoms with Crippen LogP contribution in [-0.4, -0.2) is 53.6 Å². The Balaban J connectivity index is 0.000000356. The molecule has 2 aliphatic rings. The molecule has 4 rings (SSSR count). The van der Waals surface area contributed by atoms with E-state index >= 15 is 0 Å². The summed E-state index contributed by atoms with van der Waals surface area (Å²) in [6.45, 7) is 3.69. The smallest absolute Gasteiger partial charge is 0.405 e. The first-order valence-electron chi connectivity index (χ1n) is 13.9. The lowest BCUT2D eigenvalue weighted by molar-refractivity contribution is -0.275. The van der Waals surface area contributed by atoms with Crippen molar-refractivity contribution in [3.8, 4) is 5.75 Å². The Morgan fingerprint density at radius 3 is 2.16 bits per heavy atom. The van der Waals surface area contributed by atoms with E-state index in [4.69, 9.17) is 0 Å². The zero-order valence-corrected chi connectivity index (χ0v) is 24.4. The van der Waals surface area contributed by atoms with Gasteiger partial charge >= 0.3 is 12.5 Å². The highest BCUT2D eigenvalue weighted by atomic mass is 19.4. The first-order valence-corrected chi connectivity index (χ1v) is 13.9. The Morgan fingerprint density at radius 2 is 1.73 bits per heavy atom. The number of amides is 3. The molecule has 0 aliphatic heterocycles. The normalized spacial score (nSPS) is 15.0. The van der Waals surface area contributed by atoms with Crippen LogP contribution in [0.15, 0.2) is 24.4 Å². The number of alkyl halides is 6. The van der Waals surface area contributed by atoms with Gasteiger partial charge in [-0.1, -0.05) is 25.7 Å². The predicted octanol–water partition coefficient (Wildman–Crippen LogP) is 5.60. The molecule has 1 heterocycles. The number of rotatable bonds is 11. The van der Waals surface area contributed by atoms with E-state index in [9.17, 15) is 45.1 Å². The van der Waals surface area contributed by atoms with Crippen molar-refractivity contribution in [1.29, 1.82) is 0 Å². The van der Waals surface area contributed by atoms with E-state index in [0.717, 1.165) is 13.5 Å². The summed E-state index contributed by atoms with van der Waals surface area (Å²) in [4.78, 5) is 33.4. The zero-order valence-electron chi connectivity index (χ0n) is 24.4. The van der Waals surface area contributed by atoms with Crippen molar-refractivity contribution in [2.24, 2.45) is 11.8 Å². The first kappa shape index (κ1) is 36.3. The second-order valence-electron chi connectivity index (χ2n) is 10.4. The molecule has 0 saturated heterocycles. The zero-order chi connectivity index (χ0) is 33.1. The molecule has 1 unspecified atom stereocenters. The van der Waals surface area contributed by atoms with E-state index < -0.39 is 66.2 Å². The van der Waals surface area contributed by atoms with Crippen LogP contribution < -0.4 is 20.7 Å². The van der Waals surface area contributed by atoms with E-state index in [0.29, 0.717) is 12.1 Å². The summed E-state index contributed by atoms with van der Waals surface area (Å²) in [5.74, 6) is -4.00. The molecule has 9 nitrogen and oxygen atoms in total. The van der Waals surface area contributed by atoms with Crippen LogP contribution in [0.5, 0.6) is 5.75 Å². The third-order valence-corrected chi connectivity index (χ3v) is 6.56. The molecular weight excluding hydrogens is 603 g/mol. The molecule has 3 amide bonds. The molecule has 1 aromatic carbocycles. The molecule has 0 bridgehead atoms. The number of carbonyl (C=O) groups is 3. The topological polar surface area (TPSA) is 114 Å². The first-order chi connectivity index (χ1) is 20.5. The van der Waals surface area contributed by atoms with Gasteiger partial charge in [-0.2, -0.15) is 18.3 Å². The lowest BCUT2D eigenvalue weighted by Crippen LogP contribution is -2.36. The summed E-state index contributed by atoms with van der Waals surface area (Å²) in [6, 6.07) is 2.84. The van der Waals surface area contributed by atoms with Gasteiger partial charge in [0.15, 0.2) is 0 Å². The number of halogens is 7. The van der Waals surface area contributed by atoms with Crippen LogP contribution in [0.1, 0.15) is 63.1 Å². The van der Waals surface area contributed by atoms with E-state index in [1.165, 1.54) is 22.8 Å². The fourth-order valence-electron chi connectivity index (χ4n) is 3.93. The quantitative estimate of drug-likeness (QED) is 0.219. The molecule has 2 saturated carbocycles. The summed E-state index contributed by atoms with van der Waals surface area (Å²) in [5.41, 5.74) is -0.246. The van der Waals surface area contributed by atoms with Crippen molar-refractivity contribution >= 4 is 23.9 Å². The maximum absolute atomic E-state index is 14.2. The van der Waals surface area contributed by atoms with Crippen molar-refractivity contribution in [2.45, 2.75) is 77.9 Å². The fraction of sp³-hybridized carbons (Fsp3) is 0.571. The van der Waals surface area contributed by atoms with Gasteiger partial charge in [0, 0.05) is 30.1 Å². The molecule has 44 heavy (non-hydrogen) atoms.